The standard InChI is InChI=1S/C17H25N3O3/c1-11-5-4-6-12(2)16(11)19-15(21)10-20(3)17(22)14-8-7-13(9-18)23-14/h4-6,13-14H,7-10,18H2,1-3H3,(H,19,21)/t13-,14+/m1/s1. The number of amides is 2. The number of hydrogen-bond donors (Lipinski definition) is 2. The van der Waals surface area contributed by atoms with Crippen LogP contribution < -0.4 is 11.1 Å². The molecule has 0 aromatic heterocycles. The summed E-state index contributed by atoms with van der Waals surface area (Å²) in [4.78, 5) is 25.9. The highest BCUT2D eigenvalue weighted by molar-refractivity contribution is 5.96. The van der Waals surface area contributed by atoms with Crippen molar-refractivity contribution in [3.05, 3.63) is 29.3 Å². The van der Waals surface area contributed by atoms with Gasteiger partial charge in [-0.3, -0.25) is 9.59 Å². The van der Waals surface area contributed by atoms with Gasteiger partial charge in [0, 0.05) is 19.3 Å². The van der Waals surface area contributed by atoms with Crippen LogP contribution in [-0.2, 0) is 14.3 Å². The van der Waals surface area contributed by atoms with E-state index >= 15 is 0 Å². The van der Waals surface area contributed by atoms with Gasteiger partial charge in [0.05, 0.1) is 12.6 Å². The number of rotatable bonds is 5. The normalized spacial score (nSPS) is 20.3. The monoisotopic (exact) mass is 319 g/mol. The van der Waals surface area contributed by atoms with Crippen molar-refractivity contribution >= 4 is 17.5 Å². The van der Waals surface area contributed by atoms with Crippen LogP contribution >= 0.6 is 0 Å². The predicted molar refractivity (Wildman–Crippen MR) is 89.1 cm³/mol. The van der Waals surface area contributed by atoms with E-state index in [1.165, 1.54) is 4.90 Å². The highest BCUT2D eigenvalue weighted by atomic mass is 16.5. The third-order valence-electron chi connectivity index (χ3n) is 4.15. The second-order valence-electron chi connectivity index (χ2n) is 6.07. The molecule has 0 unspecified atom stereocenters. The highest BCUT2D eigenvalue weighted by Crippen LogP contribution is 2.21. The highest BCUT2D eigenvalue weighted by Gasteiger charge is 2.32. The lowest BCUT2D eigenvalue weighted by Crippen LogP contribution is -2.41. The van der Waals surface area contributed by atoms with Gasteiger partial charge in [-0.05, 0) is 37.8 Å². The van der Waals surface area contributed by atoms with Gasteiger partial charge in [-0.25, -0.2) is 0 Å². The molecule has 126 valence electrons. The van der Waals surface area contributed by atoms with Crippen molar-refractivity contribution in [1.29, 1.82) is 0 Å². The van der Waals surface area contributed by atoms with Crippen LogP contribution in [0.4, 0.5) is 5.69 Å². The van der Waals surface area contributed by atoms with E-state index < -0.39 is 6.10 Å². The van der Waals surface area contributed by atoms with Crippen LogP contribution in [0.1, 0.15) is 24.0 Å². The summed E-state index contributed by atoms with van der Waals surface area (Å²) < 4.78 is 5.58. The molecule has 0 saturated carbocycles. The van der Waals surface area contributed by atoms with Gasteiger partial charge in [-0.2, -0.15) is 0 Å². The lowest BCUT2D eigenvalue weighted by atomic mass is 10.1. The maximum absolute atomic E-state index is 12.3. The van der Waals surface area contributed by atoms with E-state index in [9.17, 15) is 9.59 Å². The summed E-state index contributed by atoms with van der Waals surface area (Å²) in [5.74, 6) is -0.385. The quantitative estimate of drug-likeness (QED) is 0.854. The molecule has 1 heterocycles. The summed E-state index contributed by atoms with van der Waals surface area (Å²) in [7, 11) is 1.62. The third-order valence-corrected chi connectivity index (χ3v) is 4.15. The Balaban J connectivity index is 1.91. The first-order chi connectivity index (χ1) is 10.9. The lowest BCUT2D eigenvalue weighted by molar-refractivity contribution is -0.143. The minimum Gasteiger partial charge on any atom is -0.364 e. The maximum atomic E-state index is 12.3. The zero-order valence-corrected chi connectivity index (χ0v) is 14.0. The number of anilines is 1. The number of aryl methyl sites for hydroxylation is 2. The average Bonchev–Trinajstić information content (AvgIpc) is 2.99. The average molecular weight is 319 g/mol. The Hall–Kier alpha value is -1.92. The van der Waals surface area contributed by atoms with E-state index in [4.69, 9.17) is 10.5 Å². The fourth-order valence-electron chi connectivity index (χ4n) is 2.79. The van der Waals surface area contributed by atoms with Gasteiger partial charge in [0.25, 0.3) is 5.91 Å². The molecule has 1 aromatic rings. The van der Waals surface area contributed by atoms with Crippen molar-refractivity contribution in [3.8, 4) is 0 Å². The number of para-hydroxylation sites is 1. The van der Waals surface area contributed by atoms with Crippen LogP contribution in [0.2, 0.25) is 0 Å². The number of nitrogens with two attached hydrogens (primary N) is 1. The van der Waals surface area contributed by atoms with E-state index in [1.807, 2.05) is 32.0 Å². The molecule has 0 radical (unpaired) electrons. The summed E-state index contributed by atoms with van der Waals surface area (Å²) >= 11 is 0. The summed E-state index contributed by atoms with van der Waals surface area (Å²) in [6.07, 6.45) is 0.904. The Bertz CT molecular complexity index is 568. The fourth-order valence-corrected chi connectivity index (χ4v) is 2.79. The molecule has 6 heteroatoms. The van der Waals surface area contributed by atoms with Gasteiger partial charge < -0.3 is 20.7 Å². The smallest absolute Gasteiger partial charge is 0.251 e. The first-order valence-electron chi connectivity index (χ1n) is 7.89. The minimum atomic E-state index is -0.485. The number of benzene rings is 1. The SMILES string of the molecule is Cc1cccc(C)c1NC(=O)CN(C)C(=O)[C@@H]1CC[C@H](CN)O1. The number of hydrogen-bond acceptors (Lipinski definition) is 4. The van der Waals surface area contributed by atoms with Gasteiger partial charge in [0.15, 0.2) is 0 Å². The fraction of sp³-hybridized carbons (Fsp3) is 0.529. The molecular formula is C17H25N3O3. The van der Waals surface area contributed by atoms with Crippen molar-refractivity contribution in [2.75, 3.05) is 25.5 Å². The largest absolute Gasteiger partial charge is 0.364 e. The molecule has 1 saturated heterocycles. The second-order valence-corrected chi connectivity index (χ2v) is 6.07. The van der Waals surface area contributed by atoms with E-state index in [2.05, 4.69) is 5.32 Å². The van der Waals surface area contributed by atoms with Gasteiger partial charge in [0.2, 0.25) is 5.91 Å². The minimum absolute atomic E-state index is 0.000239. The van der Waals surface area contributed by atoms with Crippen LogP contribution in [0.25, 0.3) is 0 Å². The number of carbonyl (C=O) groups excluding carboxylic acids is 2. The van der Waals surface area contributed by atoms with Crippen LogP contribution in [0.3, 0.4) is 0 Å². The maximum Gasteiger partial charge on any atom is 0.251 e. The lowest BCUT2D eigenvalue weighted by Gasteiger charge is -2.21. The molecule has 0 aliphatic carbocycles. The van der Waals surface area contributed by atoms with E-state index in [-0.39, 0.29) is 24.5 Å². The van der Waals surface area contributed by atoms with Crippen molar-refractivity contribution in [3.63, 3.8) is 0 Å². The first-order valence-corrected chi connectivity index (χ1v) is 7.89. The van der Waals surface area contributed by atoms with Crippen LogP contribution in [0.15, 0.2) is 18.2 Å². The molecule has 3 N–H and O–H groups in total. The van der Waals surface area contributed by atoms with Crippen LogP contribution in [0, 0.1) is 13.8 Å². The Morgan fingerprint density at radius 1 is 1.30 bits per heavy atom. The molecular weight excluding hydrogens is 294 g/mol. The molecule has 2 atom stereocenters. The van der Waals surface area contributed by atoms with Gasteiger partial charge in [-0.1, -0.05) is 18.2 Å². The molecule has 0 bridgehead atoms. The third kappa shape index (κ3) is 4.30. The van der Waals surface area contributed by atoms with Crippen molar-refractivity contribution in [2.45, 2.75) is 38.9 Å². The van der Waals surface area contributed by atoms with Crippen molar-refractivity contribution in [1.82, 2.24) is 4.90 Å². The van der Waals surface area contributed by atoms with Gasteiger partial charge >= 0.3 is 0 Å². The number of likely N-dealkylation sites (N-methyl/N-ethyl adjacent to an activating group) is 1. The summed E-state index contributed by atoms with van der Waals surface area (Å²) in [6.45, 7) is 4.30. The predicted octanol–water partition coefficient (Wildman–Crippen LogP) is 1.21. The Kier molecular flexibility index (Phi) is 5.74. The van der Waals surface area contributed by atoms with Crippen LogP contribution in [-0.4, -0.2) is 49.1 Å². The molecule has 1 aliphatic rings. The number of ether oxygens (including phenoxy) is 1. The first kappa shape index (κ1) is 17.4. The zero-order chi connectivity index (χ0) is 17.0. The Labute approximate surface area is 137 Å². The molecule has 1 fully saturated rings. The number of nitrogens with zero attached hydrogens (tertiary/aromatic N) is 1. The summed E-state index contributed by atoms with van der Waals surface area (Å²) in [6, 6.07) is 5.83. The molecule has 23 heavy (non-hydrogen) atoms. The Morgan fingerprint density at radius 3 is 2.52 bits per heavy atom. The van der Waals surface area contributed by atoms with Crippen LogP contribution in [0.5, 0.6) is 0 Å². The molecule has 6 nitrogen and oxygen atoms in total. The number of nitrogens with one attached hydrogen (secondary N) is 1. The molecule has 2 rings (SSSR count). The van der Waals surface area contributed by atoms with Crippen molar-refractivity contribution < 1.29 is 14.3 Å². The van der Waals surface area contributed by atoms with Gasteiger partial charge in [0.1, 0.15) is 6.10 Å². The second kappa shape index (κ2) is 7.57. The Morgan fingerprint density at radius 2 is 1.96 bits per heavy atom. The summed E-state index contributed by atoms with van der Waals surface area (Å²) in [5, 5.41) is 2.88. The molecule has 2 amide bonds. The van der Waals surface area contributed by atoms with Crippen molar-refractivity contribution in [2.24, 2.45) is 5.73 Å². The van der Waals surface area contributed by atoms with E-state index in [0.717, 1.165) is 23.2 Å². The molecule has 1 aliphatic heterocycles. The molecule has 0 spiro atoms. The summed E-state index contributed by atoms with van der Waals surface area (Å²) in [5.41, 5.74) is 8.35. The van der Waals surface area contributed by atoms with E-state index in [1.54, 1.807) is 7.05 Å². The number of carbonyl (C=O) groups is 2. The topological polar surface area (TPSA) is 84.7 Å². The zero-order valence-electron chi connectivity index (χ0n) is 14.0. The molecule has 1 aromatic carbocycles. The van der Waals surface area contributed by atoms with Gasteiger partial charge in [-0.15, -0.1) is 0 Å². The van der Waals surface area contributed by atoms with E-state index in [0.29, 0.717) is 13.0 Å².